The molecular weight excluding hydrogens is 360 g/mol. The van der Waals surface area contributed by atoms with Crippen molar-refractivity contribution < 1.29 is 0 Å². The molecule has 180 valence electrons. The van der Waals surface area contributed by atoms with Crippen molar-refractivity contribution in [3.8, 4) is 0 Å². The van der Waals surface area contributed by atoms with Crippen molar-refractivity contribution in [3.63, 3.8) is 0 Å². The third-order valence-electron chi connectivity index (χ3n) is 8.04. The van der Waals surface area contributed by atoms with Gasteiger partial charge in [0.05, 0.1) is 0 Å². The fourth-order valence-electron chi connectivity index (χ4n) is 5.90. The zero-order valence-electron chi connectivity index (χ0n) is 21.6. The monoisotopic (exact) mass is 420 g/mol. The summed E-state index contributed by atoms with van der Waals surface area (Å²) in [4.78, 5) is 0. The van der Waals surface area contributed by atoms with Crippen molar-refractivity contribution >= 4 is 0 Å². The molecular formula is C30H60. The summed E-state index contributed by atoms with van der Waals surface area (Å²) >= 11 is 0. The SMILES string of the molecule is CCCCCCCCCCCCC1(CCCCCCCCCCCC)CCCCC1. The second kappa shape index (κ2) is 20.9. The largest absolute Gasteiger partial charge is 0.0654 e. The smallest absolute Gasteiger partial charge is 0.0297 e. The highest BCUT2D eigenvalue weighted by Crippen LogP contribution is 2.44. The molecule has 0 saturated heterocycles. The molecule has 0 heterocycles. The van der Waals surface area contributed by atoms with E-state index in [0.717, 1.165) is 5.41 Å². The molecule has 0 heteroatoms. The molecule has 0 bridgehead atoms. The molecule has 0 atom stereocenters. The van der Waals surface area contributed by atoms with Crippen molar-refractivity contribution in [2.24, 2.45) is 5.41 Å². The quantitative estimate of drug-likeness (QED) is 0.153. The van der Waals surface area contributed by atoms with Crippen molar-refractivity contribution in [3.05, 3.63) is 0 Å². The Kier molecular flexibility index (Phi) is 19.5. The second-order valence-electron chi connectivity index (χ2n) is 10.9. The Morgan fingerprint density at radius 2 is 0.667 bits per heavy atom. The predicted octanol–water partition coefficient (Wildman–Crippen LogP) is 11.6. The molecule has 0 aromatic rings. The lowest BCUT2D eigenvalue weighted by Crippen LogP contribution is -2.24. The maximum Gasteiger partial charge on any atom is -0.0297 e. The molecule has 0 aliphatic heterocycles. The van der Waals surface area contributed by atoms with Gasteiger partial charge in [0.1, 0.15) is 0 Å². The Balaban J connectivity index is 2.02. The van der Waals surface area contributed by atoms with Crippen LogP contribution in [0.5, 0.6) is 0 Å². The molecule has 0 unspecified atom stereocenters. The van der Waals surface area contributed by atoms with E-state index in [-0.39, 0.29) is 0 Å². The fraction of sp³-hybridized carbons (Fsp3) is 1.00. The van der Waals surface area contributed by atoms with Crippen molar-refractivity contribution in [2.75, 3.05) is 0 Å². The van der Waals surface area contributed by atoms with Crippen LogP contribution < -0.4 is 0 Å². The highest BCUT2D eigenvalue weighted by molar-refractivity contribution is 4.83. The van der Waals surface area contributed by atoms with Crippen LogP contribution >= 0.6 is 0 Å². The molecule has 0 nitrogen and oxygen atoms in total. The Bertz CT molecular complexity index is 299. The zero-order chi connectivity index (χ0) is 21.6. The van der Waals surface area contributed by atoms with Gasteiger partial charge in [0, 0.05) is 0 Å². The summed E-state index contributed by atoms with van der Waals surface area (Å²) in [5.74, 6) is 0. The summed E-state index contributed by atoms with van der Waals surface area (Å²) in [5.41, 5.74) is 0.762. The Labute approximate surface area is 192 Å². The third kappa shape index (κ3) is 15.8. The van der Waals surface area contributed by atoms with Gasteiger partial charge in [0.25, 0.3) is 0 Å². The maximum absolute atomic E-state index is 2.32. The van der Waals surface area contributed by atoms with E-state index >= 15 is 0 Å². The summed E-state index contributed by atoms with van der Waals surface area (Å²) in [6, 6.07) is 0. The summed E-state index contributed by atoms with van der Waals surface area (Å²) < 4.78 is 0. The minimum absolute atomic E-state index is 0.762. The van der Waals surface area contributed by atoms with Crippen molar-refractivity contribution in [1.29, 1.82) is 0 Å². The van der Waals surface area contributed by atoms with Crippen LogP contribution in [-0.2, 0) is 0 Å². The standard InChI is InChI=1S/C30H60/c1-3-5-7-9-11-13-15-17-19-22-26-30(28-24-21-25-29-30)27-23-20-18-16-14-12-10-8-6-4-2/h3-29H2,1-2H3. The molecule has 1 aliphatic carbocycles. The van der Waals surface area contributed by atoms with E-state index < -0.39 is 0 Å². The van der Waals surface area contributed by atoms with E-state index in [2.05, 4.69) is 13.8 Å². The predicted molar refractivity (Wildman–Crippen MR) is 138 cm³/mol. The topological polar surface area (TPSA) is 0 Å². The van der Waals surface area contributed by atoms with E-state index in [1.165, 1.54) is 148 Å². The van der Waals surface area contributed by atoms with Crippen LogP contribution in [0.4, 0.5) is 0 Å². The van der Waals surface area contributed by atoms with Crippen LogP contribution in [0.15, 0.2) is 0 Å². The average Bonchev–Trinajstić information content (AvgIpc) is 2.77. The Hall–Kier alpha value is 0. The first kappa shape index (κ1) is 28.0. The lowest BCUT2D eigenvalue weighted by Gasteiger charge is -2.38. The van der Waals surface area contributed by atoms with E-state index in [1.807, 2.05) is 0 Å². The lowest BCUT2D eigenvalue weighted by atomic mass is 9.68. The van der Waals surface area contributed by atoms with Crippen molar-refractivity contribution in [2.45, 2.75) is 187 Å². The first-order chi connectivity index (χ1) is 14.8. The summed E-state index contributed by atoms with van der Waals surface area (Å²) in [5, 5.41) is 0. The van der Waals surface area contributed by atoms with Crippen LogP contribution in [-0.4, -0.2) is 0 Å². The molecule has 0 spiro atoms. The van der Waals surface area contributed by atoms with Crippen LogP contribution in [0.1, 0.15) is 187 Å². The van der Waals surface area contributed by atoms with Crippen LogP contribution in [0.2, 0.25) is 0 Å². The number of rotatable bonds is 22. The third-order valence-corrected chi connectivity index (χ3v) is 8.04. The van der Waals surface area contributed by atoms with E-state index in [9.17, 15) is 0 Å². The van der Waals surface area contributed by atoms with Gasteiger partial charge in [-0.05, 0) is 31.1 Å². The molecule has 0 aromatic carbocycles. The summed E-state index contributed by atoms with van der Waals surface area (Å²) in [6.45, 7) is 4.63. The highest BCUT2D eigenvalue weighted by Gasteiger charge is 2.30. The molecule has 1 fully saturated rings. The first-order valence-corrected chi connectivity index (χ1v) is 14.8. The summed E-state index contributed by atoms with van der Waals surface area (Å²) in [7, 11) is 0. The molecule has 0 amide bonds. The summed E-state index contributed by atoms with van der Waals surface area (Å²) in [6.07, 6.45) is 40.4. The second-order valence-corrected chi connectivity index (χ2v) is 10.9. The first-order valence-electron chi connectivity index (χ1n) is 14.8. The maximum atomic E-state index is 2.32. The van der Waals surface area contributed by atoms with Gasteiger partial charge in [-0.2, -0.15) is 0 Å². The van der Waals surface area contributed by atoms with Crippen molar-refractivity contribution in [1.82, 2.24) is 0 Å². The van der Waals surface area contributed by atoms with Gasteiger partial charge < -0.3 is 0 Å². The molecule has 1 rings (SSSR count). The number of unbranched alkanes of at least 4 members (excludes halogenated alkanes) is 18. The van der Waals surface area contributed by atoms with Crippen LogP contribution in [0, 0.1) is 5.41 Å². The van der Waals surface area contributed by atoms with Gasteiger partial charge in [-0.1, -0.05) is 162 Å². The average molecular weight is 421 g/mol. The molecule has 1 saturated carbocycles. The van der Waals surface area contributed by atoms with E-state index in [0.29, 0.717) is 0 Å². The minimum Gasteiger partial charge on any atom is -0.0654 e. The van der Waals surface area contributed by atoms with E-state index in [4.69, 9.17) is 0 Å². The Morgan fingerprint density at radius 1 is 0.367 bits per heavy atom. The zero-order valence-corrected chi connectivity index (χ0v) is 21.6. The molecule has 0 aromatic heterocycles. The van der Waals surface area contributed by atoms with Gasteiger partial charge >= 0.3 is 0 Å². The van der Waals surface area contributed by atoms with E-state index in [1.54, 1.807) is 25.7 Å². The van der Waals surface area contributed by atoms with Gasteiger partial charge in [-0.3, -0.25) is 0 Å². The molecule has 1 aliphatic rings. The molecule has 30 heavy (non-hydrogen) atoms. The highest BCUT2D eigenvalue weighted by atomic mass is 14.4. The van der Waals surface area contributed by atoms with Gasteiger partial charge in [-0.15, -0.1) is 0 Å². The fourth-order valence-corrected chi connectivity index (χ4v) is 5.90. The van der Waals surface area contributed by atoms with Gasteiger partial charge in [0.15, 0.2) is 0 Å². The normalized spacial score (nSPS) is 16.2. The Morgan fingerprint density at radius 3 is 1.00 bits per heavy atom. The number of hydrogen-bond donors (Lipinski definition) is 0. The minimum atomic E-state index is 0.762. The molecule has 0 N–H and O–H groups in total. The lowest BCUT2D eigenvalue weighted by molar-refractivity contribution is 0.146. The number of hydrogen-bond acceptors (Lipinski definition) is 0. The van der Waals surface area contributed by atoms with Crippen LogP contribution in [0.3, 0.4) is 0 Å². The van der Waals surface area contributed by atoms with Gasteiger partial charge in [-0.25, -0.2) is 0 Å². The van der Waals surface area contributed by atoms with Gasteiger partial charge in [0.2, 0.25) is 0 Å². The molecule has 0 radical (unpaired) electrons. The van der Waals surface area contributed by atoms with Crippen LogP contribution in [0.25, 0.3) is 0 Å².